The molecular weight excluding hydrogens is 232 g/mol. The quantitative estimate of drug-likeness (QED) is 0.761. The van der Waals surface area contributed by atoms with Crippen molar-refractivity contribution in [2.75, 3.05) is 0 Å². The summed E-state index contributed by atoms with van der Waals surface area (Å²) in [6, 6.07) is 11.5. The average Bonchev–Trinajstić information content (AvgIpc) is 3.00. The van der Waals surface area contributed by atoms with Crippen LogP contribution in [0.5, 0.6) is 5.75 Å². The molecule has 0 spiro atoms. The monoisotopic (exact) mass is 244 g/mol. The van der Waals surface area contributed by atoms with E-state index in [1.54, 1.807) is 23.5 Å². The predicted molar refractivity (Wildman–Crippen MR) is 69.4 cm³/mol. The molecule has 0 amide bonds. The standard InChI is InChI=1S/C13H12N2OS/c16-10-5-3-9(4-6-10)11-8-12(15-14-11)13-2-1-7-17-13/h1-8,11,14-16H. The van der Waals surface area contributed by atoms with E-state index < -0.39 is 0 Å². The van der Waals surface area contributed by atoms with Crippen LogP contribution in [0.2, 0.25) is 0 Å². The Balaban J connectivity index is 1.85. The van der Waals surface area contributed by atoms with E-state index in [1.165, 1.54) is 4.88 Å². The maximum absolute atomic E-state index is 9.25. The van der Waals surface area contributed by atoms with Gasteiger partial charge < -0.3 is 10.5 Å². The summed E-state index contributed by atoms with van der Waals surface area (Å²) in [4.78, 5) is 1.22. The molecule has 1 aromatic carbocycles. The van der Waals surface area contributed by atoms with Crippen molar-refractivity contribution >= 4 is 17.0 Å². The maximum Gasteiger partial charge on any atom is 0.115 e. The first-order chi connectivity index (χ1) is 8.33. The number of hydrogen-bond acceptors (Lipinski definition) is 4. The third-order valence-corrected chi connectivity index (χ3v) is 3.64. The second kappa shape index (κ2) is 4.24. The van der Waals surface area contributed by atoms with E-state index in [0.29, 0.717) is 5.75 Å². The second-order valence-electron chi connectivity index (χ2n) is 3.90. The fraction of sp³-hybridized carbons (Fsp3) is 0.0769. The molecule has 17 heavy (non-hydrogen) atoms. The molecule has 0 radical (unpaired) electrons. The molecule has 0 bridgehead atoms. The van der Waals surface area contributed by atoms with Gasteiger partial charge in [0.25, 0.3) is 0 Å². The van der Waals surface area contributed by atoms with E-state index in [9.17, 15) is 5.11 Å². The van der Waals surface area contributed by atoms with E-state index in [4.69, 9.17) is 0 Å². The lowest BCUT2D eigenvalue weighted by atomic mass is 10.1. The summed E-state index contributed by atoms with van der Waals surface area (Å²) >= 11 is 1.71. The van der Waals surface area contributed by atoms with Crippen LogP contribution in [0, 0.1) is 0 Å². The zero-order valence-electron chi connectivity index (χ0n) is 9.05. The van der Waals surface area contributed by atoms with Crippen LogP contribution in [0.25, 0.3) is 5.70 Å². The number of phenolic OH excluding ortho intramolecular Hbond substituents is 1. The molecule has 0 aliphatic carbocycles. The normalized spacial score (nSPS) is 18.8. The van der Waals surface area contributed by atoms with Crippen LogP contribution >= 0.6 is 11.3 Å². The minimum absolute atomic E-state index is 0.146. The molecule has 1 aliphatic heterocycles. The lowest BCUT2D eigenvalue weighted by molar-refractivity contribution is 0.474. The van der Waals surface area contributed by atoms with Gasteiger partial charge in [0.15, 0.2) is 0 Å². The van der Waals surface area contributed by atoms with Crippen molar-refractivity contribution in [3.8, 4) is 5.75 Å². The Labute approximate surface area is 103 Å². The van der Waals surface area contributed by atoms with Gasteiger partial charge in [0.1, 0.15) is 5.75 Å². The van der Waals surface area contributed by atoms with Gasteiger partial charge >= 0.3 is 0 Å². The van der Waals surface area contributed by atoms with Gasteiger partial charge in [-0.05, 0) is 35.2 Å². The first kappa shape index (κ1) is 10.4. The van der Waals surface area contributed by atoms with Crippen molar-refractivity contribution in [3.63, 3.8) is 0 Å². The Kier molecular flexibility index (Phi) is 2.59. The number of hydrazine groups is 1. The molecule has 3 nitrogen and oxygen atoms in total. The maximum atomic E-state index is 9.25. The third-order valence-electron chi connectivity index (χ3n) is 2.73. The van der Waals surface area contributed by atoms with E-state index in [1.807, 2.05) is 18.2 Å². The highest BCUT2D eigenvalue weighted by Crippen LogP contribution is 2.27. The summed E-state index contributed by atoms with van der Waals surface area (Å²) < 4.78 is 0. The molecule has 0 saturated heterocycles. The number of thiophene rings is 1. The summed E-state index contributed by atoms with van der Waals surface area (Å²) in [5.41, 5.74) is 8.63. The van der Waals surface area contributed by atoms with Gasteiger partial charge in [-0.3, -0.25) is 0 Å². The zero-order valence-corrected chi connectivity index (χ0v) is 9.87. The van der Waals surface area contributed by atoms with Crippen LogP contribution in [-0.4, -0.2) is 5.11 Å². The number of benzene rings is 1. The van der Waals surface area contributed by atoms with Crippen molar-refractivity contribution in [1.29, 1.82) is 0 Å². The Bertz CT molecular complexity index is 531. The predicted octanol–water partition coefficient (Wildman–Crippen LogP) is 2.64. The molecular formula is C13H12N2OS. The average molecular weight is 244 g/mol. The van der Waals surface area contributed by atoms with E-state index in [2.05, 4.69) is 28.4 Å². The minimum atomic E-state index is 0.146. The molecule has 3 N–H and O–H groups in total. The molecule has 86 valence electrons. The number of phenols is 1. The first-order valence-corrected chi connectivity index (χ1v) is 6.27. The van der Waals surface area contributed by atoms with Crippen LogP contribution < -0.4 is 10.9 Å². The highest BCUT2D eigenvalue weighted by atomic mass is 32.1. The van der Waals surface area contributed by atoms with E-state index in [-0.39, 0.29) is 6.04 Å². The van der Waals surface area contributed by atoms with Crippen molar-refractivity contribution in [3.05, 3.63) is 58.3 Å². The highest BCUT2D eigenvalue weighted by Gasteiger charge is 2.17. The van der Waals surface area contributed by atoms with E-state index >= 15 is 0 Å². The first-order valence-electron chi connectivity index (χ1n) is 5.39. The molecule has 0 saturated carbocycles. The van der Waals surface area contributed by atoms with Crippen LogP contribution in [-0.2, 0) is 0 Å². The van der Waals surface area contributed by atoms with Crippen molar-refractivity contribution in [2.24, 2.45) is 0 Å². The van der Waals surface area contributed by atoms with Crippen LogP contribution in [0.3, 0.4) is 0 Å². The summed E-state index contributed by atoms with van der Waals surface area (Å²) in [5.74, 6) is 0.294. The van der Waals surface area contributed by atoms with Gasteiger partial charge in [-0.25, -0.2) is 5.43 Å². The van der Waals surface area contributed by atoms with Crippen LogP contribution in [0.4, 0.5) is 0 Å². The van der Waals surface area contributed by atoms with Crippen LogP contribution in [0.1, 0.15) is 16.5 Å². The number of rotatable bonds is 2. The molecule has 2 aromatic rings. The van der Waals surface area contributed by atoms with Crippen molar-refractivity contribution in [1.82, 2.24) is 10.9 Å². The molecule has 1 aliphatic rings. The topological polar surface area (TPSA) is 44.3 Å². The molecule has 4 heteroatoms. The van der Waals surface area contributed by atoms with Gasteiger partial charge in [0.2, 0.25) is 0 Å². The minimum Gasteiger partial charge on any atom is -0.508 e. The van der Waals surface area contributed by atoms with Gasteiger partial charge in [-0.2, -0.15) is 0 Å². The van der Waals surface area contributed by atoms with Gasteiger partial charge in [0, 0.05) is 0 Å². The molecule has 1 unspecified atom stereocenters. The largest absolute Gasteiger partial charge is 0.508 e. The Hall–Kier alpha value is -1.78. The smallest absolute Gasteiger partial charge is 0.115 e. The van der Waals surface area contributed by atoms with Crippen LogP contribution in [0.15, 0.2) is 47.9 Å². The second-order valence-corrected chi connectivity index (χ2v) is 4.84. The van der Waals surface area contributed by atoms with Crippen molar-refractivity contribution in [2.45, 2.75) is 6.04 Å². The zero-order chi connectivity index (χ0) is 11.7. The summed E-state index contributed by atoms with van der Waals surface area (Å²) in [6.07, 6.45) is 2.15. The fourth-order valence-corrected chi connectivity index (χ4v) is 2.55. The Morgan fingerprint density at radius 1 is 1.12 bits per heavy atom. The summed E-state index contributed by atoms with van der Waals surface area (Å²) in [6.45, 7) is 0. The van der Waals surface area contributed by atoms with Gasteiger partial charge in [-0.15, -0.1) is 11.3 Å². The Morgan fingerprint density at radius 3 is 2.65 bits per heavy atom. The SMILES string of the molecule is Oc1ccc(C2C=C(c3cccs3)NN2)cc1. The lowest BCUT2D eigenvalue weighted by Crippen LogP contribution is -2.26. The Morgan fingerprint density at radius 2 is 1.94 bits per heavy atom. The molecule has 2 heterocycles. The summed E-state index contributed by atoms with van der Waals surface area (Å²) in [5, 5.41) is 11.3. The van der Waals surface area contributed by atoms with Crippen molar-refractivity contribution < 1.29 is 5.11 Å². The highest BCUT2D eigenvalue weighted by molar-refractivity contribution is 7.11. The van der Waals surface area contributed by atoms with E-state index in [0.717, 1.165) is 11.3 Å². The molecule has 1 atom stereocenters. The summed E-state index contributed by atoms with van der Waals surface area (Å²) in [7, 11) is 0. The lowest BCUT2D eigenvalue weighted by Gasteiger charge is -2.08. The molecule has 1 aromatic heterocycles. The number of hydrogen-bond donors (Lipinski definition) is 3. The third kappa shape index (κ3) is 2.05. The molecule has 0 fully saturated rings. The fourth-order valence-electron chi connectivity index (χ4n) is 1.84. The van der Waals surface area contributed by atoms with Gasteiger partial charge in [-0.1, -0.05) is 18.2 Å². The number of aromatic hydroxyl groups is 1. The van der Waals surface area contributed by atoms with Gasteiger partial charge in [0.05, 0.1) is 16.6 Å². The molecule has 3 rings (SSSR count). The number of nitrogens with one attached hydrogen (secondary N) is 2.